The zero-order valence-electron chi connectivity index (χ0n) is 8.65. The highest BCUT2D eigenvalue weighted by atomic mass is 16.6. The number of rotatable bonds is 1. The SMILES string of the molecule is O=c1[nH]c2c(c(O)c1[N+](=O)[O-])CCCCC2. The van der Waals surface area contributed by atoms with E-state index in [0.717, 1.165) is 19.3 Å². The van der Waals surface area contributed by atoms with Crippen LogP contribution in [0.1, 0.15) is 30.5 Å². The molecule has 0 saturated carbocycles. The third kappa shape index (κ3) is 1.66. The number of H-pyrrole nitrogens is 1. The van der Waals surface area contributed by atoms with Crippen molar-refractivity contribution >= 4 is 5.69 Å². The highest BCUT2D eigenvalue weighted by molar-refractivity contribution is 5.51. The summed E-state index contributed by atoms with van der Waals surface area (Å²) in [5, 5.41) is 20.4. The van der Waals surface area contributed by atoms with E-state index < -0.39 is 21.9 Å². The van der Waals surface area contributed by atoms with Crippen LogP contribution >= 0.6 is 0 Å². The second-order valence-corrected chi connectivity index (χ2v) is 3.93. The van der Waals surface area contributed by atoms with Gasteiger partial charge in [-0.3, -0.25) is 14.9 Å². The lowest BCUT2D eigenvalue weighted by Gasteiger charge is -2.07. The Morgan fingerprint density at radius 3 is 2.62 bits per heavy atom. The number of pyridine rings is 1. The van der Waals surface area contributed by atoms with E-state index in [2.05, 4.69) is 4.98 Å². The second kappa shape index (κ2) is 3.96. The van der Waals surface area contributed by atoms with Crippen LogP contribution in [0.4, 0.5) is 5.69 Å². The molecule has 0 fully saturated rings. The van der Waals surface area contributed by atoms with Gasteiger partial charge in [-0.15, -0.1) is 0 Å². The number of hydrogen-bond donors (Lipinski definition) is 2. The lowest BCUT2D eigenvalue weighted by atomic mass is 10.1. The standard InChI is InChI=1S/C10H12N2O4/c13-9-6-4-2-1-3-5-7(6)11-10(14)8(9)12(15)16/h1-5H2,(H2,11,13,14). The average Bonchev–Trinajstić information content (AvgIpc) is 2.42. The molecule has 0 aliphatic heterocycles. The van der Waals surface area contributed by atoms with Gasteiger partial charge in [0.15, 0.2) is 0 Å². The highest BCUT2D eigenvalue weighted by Crippen LogP contribution is 2.31. The third-order valence-corrected chi connectivity index (χ3v) is 2.89. The minimum absolute atomic E-state index is 0.453. The van der Waals surface area contributed by atoms with Crippen LogP contribution in [-0.4, -0.2) is 15.0 Å². The van der Waals surface area contributed by atoms with E-state index >= 15 is 0 Å². The summed E-state index contributed by atoms with van der Waals surface area (Å²) in [4.78, 5) is 23.7. The lowest BCUT2D eigenvalue weighted by Crippen LogP contribution is -2.16. The molecule has 1 aliphatic carbocycles. The van der Waals surface area contributed by atoms with Gasteiger partial charge in [0.1, 0.15) is 0 Å². The number of aromatic amines is 1. The molecule has 86 valence electrons. The Morgan fingerprint density at radius 1 is 1.25 bits per heavy atom. The van der Waals surface area contributed by atoms with Crippen LogP contribution in [-0.2, 0) is 12.8 Å². The zero-order chi connectivity index (χ0) is 11.7. The molecule has 1 aromatic heterocycles. The maximum absolute atomic E-state index is 11.4. The molecular formula is C10H12N2O4. The first-order chi connectivity index (χ1) is 7.61. The molecule has 0 unspecified atom stereocenters. The summed E-state index contributed by atoms with van der Waals surface area (Å²) in [5.41, 5.74) is -0.377. The van der Waals surface area contributed by atoms with Gasteiger partial charge in [0.2, 0.25) is 5.75 Å². The molecule has 0 aromatic carbocycles. The largest absolute Gasteiger partial charge is 0.502 e. The fraction of sp³-hybridized carbons (Fsp3) is 0.500. The van der Waals surface area contributed by atoms with Crippen molar-refractivity contribution < 1.29 is 10.0 Å². The molecule has 6 heteroatoms. The van der Waals surface area contributed by atoms with Crippen molar-refractivity contribution in [3.05, 3.63) is 31.7 Å². The maximum atomic E-state index is 11.4. The summed E-state index contributed by atoms with van der Waals surface area (Å²) in [6.07, 6.45) is 4.06. The van der Waals surface area contributed by atoms with Gasteiger partial charge < -0.3 is 10.1 Å². The van der Waals surface area contributed by atoms with E-state index in [-0.39, 0.29) is 0 Å². The van der Waals surface area contributed by atoms with Crippen LogP contribution in [0.25, 0.3) is 0 Å². The minimum atomic E-state index is -0.834. The number of nitrogens with one attached hydrogen (secondary N) is 1. The number of aromatic hydroxyl groups is 1. The molecule has 1 aliphatic rings. The van der Waals surface area contributed by atoms with Crippen LogP contribution < -0.4 is 5.56 Å². The number of fused-ring (bicyclic) bond motifs is 1. The number of aryl methyl sites for hydroxylation is 1. The van der Waals surface area contributed by atoms with Crippen LogP contribution in [0.15, 0.2) is 4.79 Å². The first-order valence-corrected chi connectivity index (χ1v) is 5.22. The fourth-order valence-corrected chi connectivity index (χ4v) is 2.10. The molecule has 0 radical (unpaired) electrons. The summed E-state index contributed by atoms with van der Waals surface area (Å²) in [5.74, 6) is -0.453. The molecule has 0 saturated heterocycles. The normalized spacial score (nSPS) is 15.2. The van der Waals surface area contributed by atoms with Gasteiger partial charge in [-0.2, -0.15) is 0 Å². The summed E-state index contributed by atoms with van der Waals surface area (Å²) in [6.45, 7) is 0. The van der Waals surface area contributed by atoms with Crippen molar-refractivity contribution in [2.45, 2.75) is 32.1 Å². The number of nitro groups is 1. The topological polar surface area (TPSA) is 96.2 Å². The van der Waals surface area contributed by atoms with Gasteiger partial charge in [-0.05, 0) is 25.7 Å². The van der Waals surface area contributed by atoms with E-state index in [1.165, 1.54) is 0 Å². The molecule has 0 atom stereocenters. The maximum Gasteiger partial charge on any atom is 0.375 e. The Morgan fingerprint density at radius 2 is 1.94 bits per heavy atom. The van der Waals surface area contributed by atoms with Crippen molar-refractivity contribution in [3.8, 4) is 5.75 Å². The van der Waals surface area contributed by atoms with Gasteiger partial charge in [0.05, 0.1) is 4.92 Å². The van der Waals surface area contributed by atoms with Gasteiger partial charge in [0, 0.05) is 11.3 Å². The predicted molar refractivity (Wildman–Crippen MR) is 56.6 cm³/mol. The third-order valence-electron chi connectivity index (χ3n) is 2.89. The molecule has 16 heavy (non-hydrogen) atoms. The molecule has 1 aromatic rings. The van der Waals surface area contributed by atoms with E-state index in [1.807, 2.05) is 0 Å². The highest BCUT2D eigenvalue weighted by Gasteiger charge is 2.25. The van der Waals surface area contributed by atoms with Gasteiger partial charge in [-0.1, -0.05) is 6.42 Å². The Hall–Kier alpha value is -1.85. The molecule has 0 bridgehead atoms. The molecule has 0 amide bonds. The smallest absolute Gasteiger partial charge is 0.375 e. The van der Waals surface area contributed by atoms with E-state index in [9.17, 15) is 20.0 Å². The Kier molecular flexibility index (Phi) is 2.64. The van der Waals surface area contributed by atoms with E-state index in [1.54, 1.807) is 0 Å². The molecule has 1 heterocycles. The van der Waals surface area contributed by atoms with Crippen LogP contribution in [0.3, 0.4) is 0 Å². The first kappa shape index (κ1) is 10.7. The van der Waals surface area contributed by atoms with Crippen molar-refractivity contribution in [2.75, 3.05) is 0 Å². The van der Waals surface area contributed by atoms with Crippen LogP contribution in [0.5, 0.6) is 5.75 Å². The number of aromatic nitrogens is 1. The summed E-state index contributed by atoms with van der Waals surface area (Å²) < 4.78 is 0. The Balaban J connectivity index is 2.65. The summed E-state index contributed by atoms with van der Waals surface area (Å²) >= 11 is 0. The average molecular weight is 224 g/mol. The molecule has 0 spiro atoms. The van der Waals surface area contributed by atoms with Crippen molar-refractivity contribution in [1.82, 2.24) is 4.98 Å². The first-order valence-electron chi connectivity index (χ1n) is 5.22. The van der Waals surface area contributed by atoms with E-state index in [0.29, 0.717) is 24.1 Å². The number of hydrogen-bond acceptors (Lipinski definition) is 4. The zero-order valence-corrected chi connectivity index (χ0v) is 8.65. The van der Waals surface area contributed by atoms with Crippen molar-refractivity contribution in [1.29, 1.82) is 0 Å². The van der Waals surface area contributed by atoms with Crippen LogP contribution in [0, 0.1) is 10.1 Å². The molecule has 6 nitrogen and oxygen atoms in total. The summed E-state index contributed by atoms with van der Waals surface area (Å²) in [7, 11) is 0. The van der Waals surface area contributed by atoms with Crippen LogP contribution in [0.2, 0.25) is 0 Å². The second-order valence-electron chi connectivity index (χ2n) is 3.93. The number of nitrogens with zero attached hydrogens (tertiary/aromatic N) is 1. The Labute approximate surface area is 91.1 Å². The Bertz CT molecular complexity index is 492. The lowest BCUT2D eigenvalue weighted by molar-refractivity contribution is -0.387. The molecule has 2 rings (SSSR count). The monoisotopic (exact) mass is 224 g/mol. The predicted octanol–water partition coefficient (Wildman–Crippen LogP) is 1.26. The molecule has 2 N–H and O–H groups in total. The van der Waals surface area contributed by atoms with Gasteiger partial charge in [0.25, 0.3) is 0 Å². The summed E-state index contributed by atoms with van der Waals surface area (Å²) in [6, 6.07) is 0. The fourth-order valence-electron chi connectivity index (χ4n) is 2.10. The molecular weight excluding hydrogens is 212 g/mol. The van der Waals surface area contributed by atoms with Crippen molar-refractivity contribution in [2.24, 2.45) is 0 Å². The van der Waals surface area contributed by atoms with E-state index in [4.69, 9.17) is 0 Å². The quantitative estimate of drug-likeness (QED) is 0.426. The minimum Gasteiger partial charge on any atom is -0.502 e. The van der Waals surface area contributed by atoms with Gasteiger partial charge >= 0.3 is 11.2 Å². The van der Waals surface area contributed by atoms with Gasteiger partial charge in [-0.25, -0.2) is 0 Å². The van der Waals surface area contributed by atoms with Crippen molar-refractivity contribution in [3.63, 3.8) is 0 Å².